The molecular formula is C15H21F2NO. The fraction of sp³-hybridized carbons (Fsp3) is 0.600. The topological polar surface area (TPSA) is 21.3 Å². The predicted molar refractivity (Wildman–Crippen MR) is 71.1 cm³/mol. The standard InChI is InChI=1S/C15H21F2NO/c1-4-18-15(14-6-5-10(3)19-14)11-8-12(16)9(2)7-13(11)17/h7-8,10,14-15,18H,4-6H2,1-3H3. The lowest BCUT2D eigenvalue weighted by Crippen LogP contribution is -2.33. The highest BCUT2D eigenvalue weighted by atomic mass is 19.1. The van der Waals surface area contributed by atoms with Crippen molar-refractivity contribution in [3.8, 4) is 0 Å². The summed E-state index contributed by atoms with van der Waals surface area (Å²) in [5.41, 5.74) is 0.696. The largest absolute Gasteiger partial charge is 0.373 e. The maximum atomic E-state index is 14.1. The van der Waals surface area contributed by atoms with E-state index < -0.39 is 0 Å². The van der Waals surface area contributed by atoms with Gasteiger partial charge >= 0.3 is 0 Å². The molecule has 1 aromatic rings. The molecule has 1 aliphatic rings. The minimum atomic E-state index is -0.370. The van der Waals surface area contributed by atoms with E-state index in [4.69, 9.17) is 4.74 Å². The zero-order valence-corrected chi connectivity index (χ0v) is 11.7. The van der Waals surface area contributed by atoms with Gasteiger partial charge in [-0.1, -0.05) is 6.92 Å². The van der Waals surface area contributed by atoms with Crippen LogP contribution in [0.15, 0.2) is 12.1 Å². The lowest BCUT2D eigenvalue weighted by molar-refractivity contribution is 0.0311. The van der Waals surface area contributed by atoms with Crippen LogP contribution in [-0.4, -0.2) is 18.8 Å². The van der Waals surface area contributed by atoms with Gasteiger partial charge in [0.05, 0.1) is 18.2 Å². The molecule has 1 aromatic carbocycles. The molecule has 2 nitrogen and oxygen atoms in total. The van der Waals surface area contributed by atoms with Crippen LogP contribution in [0.2, 0.25) is 0 Å². The Morgan fingerprint density at radius 2 is 2.05 bits per heavy atom. The van der Waals surface area contributed by atoms with E-state index in [1.807, 2.05) is 13.8 Å². The molecule has 0 aliphatic carbocycles. The molecule has 0 radical (unpaired) electrons. The molecule has 1 heterocycles. The van der Waals surface area contributed by atoms with E-state index >= 15 is 0 Å². The van der Waals surface area contributed by atoms with Gasteiger partial charge in [-0.2, -0.15) is 0 Å². The number of aryl methyl sites for hydroxylation is 1. The van der Waals surface area contributed by atoms with Crippen LogP contribution in [0.3, 0.4) is 0 Å². The SMILES string of the molecule is CCNC(c1cc(F)c(C)cc1F)C1CCC(C)O1. The molecule has 0 aromatic heterocycles. The monoisotopic (exact) mass is 269 g/mol. The first-order valence-electron chi connectivity index (χ1n) is 6.87. The van der Waals surface area contributed by atoms with Gasteiger partial charge in [-0.15, -0.1) is 0 Å². The van der Waals surface area contributed by atoms with Crippen molar-refractivity contribution in [3.05, 3.63) is 34.9 Å². The first-order chi connectivity index (χ1) is 9.02. The van der Waals surface area contributed by atoms with Crippen molar-refractivity contribution in [1.29, 1.82) is 0 Å². The average Bonchev–Trinajstić information content (AvgIpc) is 2.78. The van der Waals surface area contributed by atoms with Crippen LogP contribution < -0.4 is 5.32 Å². The van der Waals surface area contributed by atoms with Gasteiger partial charge in [-0.05, 0) is 50.9 Å². The van der Waals surface area contributed by atoms with Crippen molar-refractivity contribution in [2.45, 2.75) is 51.9 Å². The maximum absolute atomic E-state index is 14.1. The van der Waals surface area contributed by atoms with Crippen molar-refractivity contribution < 1.29 is 13.5 Å². The molecule has 1 saturated heterocycles. The number of nitrogens with one attached hydrogen (secondary N) is 1. The molecule has 3 unspecified atom stereocenters. The minimum Gasteiger partial charge on any atom is -0.373 e. The van der Waals surface area contributed by atoms with Crippen LogP contribution >= 0.6 is 0 Å². The summed E-state index contributed by atoms with van der Waals surface area (Å²) in [6.07, 6.45) is 1.92. The van der Waals surface area contributed by atoms with Crippen LogP contribution in [0.1, 0.15) is 43.9 Å². The molecule has 3 atom stereocenters. The van der Waals surface area contributed by atoms with Crippen molar-refractivity contribution in [3.63, 3.8) is 0 Å². The molecule has 0 amide bonds. The molecule has 106 valence electrons. The molecule has 0 saturated carbocycles. The Labute approximate surface area is 113 Å². The minimum absolute atomic E-state index is 0.0912. The van der Waals surface area contributed by atoms with Crippen LogP contribution in [0, 0.1) is 18.6 Å². The molecule has 19 heavy (non-hydrogen) atoms. The highest BCUT2D eigenvalue weighted by Gasteiger charge is 2.32. The van der Waals surface area contributed by atoms with Gasteiger partial charge in [0.25, 0.3) is 0 Å². The molecule has 1 aliphatic heterocycles. The Hall–Kier alpha value is -1.00. The number of hydrogen-bond donors (Lipinski definition) is 1. The zero-order chi connectivity index (χ0) is 14.0. The number of hydrogen-bond acceptors (Lipinski definition) is 2. The average molecular weight is 269 g/mol. The normalized spacial score (nSPS) is 24.7. The van der Waals surface area contributed by atoms with Crippen LogP contribution in [0.4, 0.5) is 8.78 Å². The first-order valence-corrected chi connectivity index (χ1v) is 6.87. The Morgan fingerprint density at radius 1 is 1.32 bits per heavy atom. The van der Waals surface area contributed by atoms with Crippen LogP contribution in [0.5, 0.6) is 0 Å². The third-order valence-electron chi connectivity index (χ3n) is 3.67. The Morgan fingerprint density at radius 3 is 2.63 bits per heavy atom. The Bertz CT molecular complexity index is 450. The van der Waals surface area contributed by atoms with Crippen LogP contribution in [0.25, 0.3) is 0 Å². The van der Waals surface area contributed by atoms with Gasteiger partial charge in [0.15, 0.2) is 0 Å². The smallest absolute Gasteiger partial charge is 0.128 e. The van der Waals surface area contributed by atoms with Gasteiger partial charge < -0.3 is 10.1 Å². The van der Waals surface area contributed by atoms with E-state index in [0.717, 1.165) is 12.8 Å². The second kappa shape index (κ2) is 5.97. The number of rotatable bonds is 4. The van der Waals surface area contributed by atoms with Gasteiger partial charge in [0.2, 0.25) is 0 Å². The van der Waals surface area contributed by atoms with Gasteiger partial charge in [0.1, 0.15) is 11.6 Å². The third kappa shape index (κ3) is 3.12. The Balaban J connectivity index is 2.30. The summed E-state index contributed by atoms with van der Waals surface area (Å²) < 4.78 is 33.6. The summed E-state index contributed by atoms with van der Waals surface area (Å²) in [5.74, 6) is -0.738. The van der Waals surface area contributed by atoms with Crippen molar-refractivity contribution >= 4 is 0 Å². The van der Waals surface area contributed by atoms with E-state index in [0.29, 0.717) is 17.7 Å². The van der Waals surface area contributed by atoms with E-state index in [-0.39, 0.29) is 29.9 Å². The van der Waals surface area contributed by atoms with E-state index in [9.17, 15) is 8.78 Å². The third-order valence-corrected chi connectivity index (χ3v) is 3.67. The number of likely N-dealkylation sites (N-methyl/N-ethyl adjacent to an activating group) is 1. The highest BCUT2D eigenvalue weighted by Crippen LogP contribution is 2.32. The molecule has 1 N–H and O–H groups in total. The summed E-state index contributed by atoms with van der Waals surface area (Å²) in [6, 6.07) is 2.27. The second-order valence-electron chi connectivity index (χ2n) is 5.22. The lowest BCUT2D eigenvalue weighted by Gasteiger charge is -2.25. The first kappa shape index (κ1) is 14.4. The summed E-state index contributed by atoms with van der Waals surface area (Å²) >= 11 is 0. The van der Waals surface area contributed by atoms with Gasteiger partial charge in [0, 0.05) is 5.56 Å². The van der Waals surface area contributed by atoms with Crippen molar-refractivity contribution in [2.75, 3.05) is 6.54 Å². The van der Waals surface area contributed by atoms with E-state index in [2.05, 4.69) is 5.32 Å². The molecule has 1 fully saturated rings. The highest BCUT2D eigenvalue weighted by molar-refractivity contribution is 5.28. The zero-order valence-electron chi connectivity index (χ0n) is 11.7. The van der Waals surface area contributed by atoms with Gasteiger partial charge in [-0.3, -0.25) is 0 Å². The van der Waals surface area contributed by atoms with Crippen molar-refractivity contribution in [1.82, 2.24) is 5.32 Å². The number of benzene rings is 1. The molecule has 0 bridgehead atoms. The summed E-state index contributed by atoms with van der Waals surface area (Å²) in [6.45, 7) is 6.22. The maximum Gasteiger partial charge on any atom is 0.128 e. The fourth-order valence-corrected chi connectivity index (χ4v) is 2.64. The number of halogens is 2. The predicted octanol–water partition coefficient (Wildman–Crippen LogP) is 3.49. The lowest BCUT2D eigenvalue weighted by atomic mass is 9.97. The summed E-state index contributed by atoms with van der Waals surface area (Å²) in [5, 5.41) is 3.22. The molecule has 4 heteroatoms. The fourth-order valence-electron chi connectivity index (χ4n) is 2.64. The molecular weight excluding hydrogens is 248 g/mol. The Kier molecular flexibility index (Phi) is 4.53. The molecule has 0 spiro atoms. The van der Waals surface area contributed by atoms with Gasteiger partial charge in [-0.25, -0.2) is 8.78 Å². The summed E-state index contributed by atoms with van der Waals surface area (Å²) in [4.78, 5) is 0. The van der Waals surface area contributed by atoms with E-state index in [1.54, 1.807) is 6.92 Å². The van der Waals surface area contributed by atoms with Crippen molar-refractivity contribution in [2.24, 2.45) is 0 Å². The summed E-state index contributed by atoms with van der Waals surface area (Å²) in [7, 11) is 0. The van der Waals surface area contributed by atoms with E-state index in [1.165, 1.54) is 12.1 Å². The molecule has 2 rings (SSSR count). The van der Waals surface area contributed by atoms with Crippen LogP contribution in [-0.2, 0) is 4.74 Å². The quantitative estimate of drug-likeness (QED) is 0.903. The second-order valence-corrected chi connectivity index (χ2v) is 5.22. The number of ether oxygens (including phenoxy) is 1.